The van der Waals surface area contributed by atoms with E-state index in [0.29, 0.717) is 19.6 Å². The highest BCUT2D eigenvalue weighted by molar-refractivity contribution is 7.92. The summed E-state index contributed by atoms with van der Waals surface area (Å²) in [6.45, 7) is 5.98. The summed E-state index contributed by atoms with van der Waals surface area (Å²) in [5, 5.41) is 2.95. The van der Waals surface area contributed by atoms with Crippen molar-refractivity contribution in [3.63, 3.8) is 0 Å². The lowest BCUT2D eigenvalue weighted by Crippen LogP contribution is -2.54. The molecule has 0 amide bonds. The van der Waals surface area contributed by atoms with Crippen molar-refractivity contribution in [2.75, 3.05) is 25.5 Å². The molecule has 5 nitrogen and oxygen atoms in total. The van der Waals surface area contributed by atoms with Gasteiger partial charge in [-0.1, -0.05) is 20.3 Å². The average Bonchev–Trinajstić information content (AvgIpc) is 2.87. The van der Waals surface area contributed by atoms with E-state index in [9.17, 15) is 8.42 Å². The molecule has 0 bridgehead atoms. The molecule has 2 rings (SSSR count). The van der Waals surface area contributed by atoms with Crippen LogP contribution in [0.5, 0.6) is 0 Å². The summed E-state index contributed by atoms with van der Waals surface area (Å²) in [4.78, 5) is 0. The Kier molecular flexibility index (Phi) is 5.45. The molecule has 1 saturated heterocycles. The van der Waals surface area contributed by atoms with E-state index in [0.717, 1.165) is 32.2 Å². The largest absolute Gasteiger partial charge is 0.347 e. The van der Waals surface area contributed by atoms with E-state index in [4.69, 9.17) is 9.47 Å². The zero-order chi connectivity index (χ0) is 14.6. The molecule has 1 N–H and O–H groups in total. The fraction of sp³-hybridized carbons (Fsp3) is 1.00. The molecule has 1 saturated carbocycles. The fourth-order valence-corrected chi connectivity index (χ4v) is 5.48. The van der Waals surface area contributed by atoms with Gasteiger partial charge in [0, 0.05) is 18.9 Å². The first-order chi connectivity index (χ1) is 9.53. The third kappa shape index (κ3) is 3.53. The molecule has 2 aliphatic rings. The maximum atomic E-state index is 12.6. The quantitative estimate of drug-likeness (QED) is 0.805. The highest BCUT2D eigenvalue weighted by Gasteiger charge is 2.48. The molecule has 2 unspecified atom stereocenters. The minimum absolute atomic E-state index is 0.0280. The first-order valence-electron chi connectivity index (χ1n) is 7.76. The van der Waals surface area contributed by atoms with Crippen molar-refractivity contribution < 1.29 is 17.9 Å². The molecule has 0 radical (unpaired) electrons. The molecule has 2 fully saturated rings. The van der Waals surface area contributed by atoms with E-state index in [1.165, 1.54) is 0 Å². The van der Waals surface area contributed by atoms with Gasteiger partial charge in [0.15, 0.2) is 15.6 Å². The van der Waals surface area contributed by atoms with E-state index in [2.05, 4.69) is 5.32 Å². The van der Waals surface area contributed by atoms with E-state index in [-0.39, 0.29) is 17.0 Å². The first-order valence-corrected chi connectivity index (χ1v) is 9.47. The minimum atomic E-state index is -3.10. The summed E-state index contributed by atoms with van der Waals surface area (Å²) < 4.78 is 36.7. The highest BCUT2D eigenvalue weighted by Crippen LogP contribution is 2.38. The second kappa shape index (κ2) is 6.73. The highest BCUT2D eigenvalue weighted by atomic mass is 32.2. The van der Waals surface area contributed by atoms with Crippen molar-refractivity contribution in [2.45, 2.75) is 63.0 Å². The predicted octanol–water partition coefficient (Wildman–Crippen LogP) is 1.48. The monoisotopic (exact) mass is 305 g/mol. The van der Waals surface area contributed by atoms with Gasteiger partial charge in [-0.05, 0) is 19.4 Å². The predicted molar refractivity (Wildman–Crippen MR) is 78.4 cm³/mol. The van der Waals surface area contributed by atoms with Crippen LogP contribution < -0.4 is 5.32 Å². The van der Waals surface area contributed by atoms with Crippen LogP contribution in [0.2, 0.25) is 0 Å². The first kappa shape index (κ1) is 16.2. The van der Waals surface area contributed by atoms with Crippen molar-refractivity contribution in [1.29, 1.82) is 0 Å². The number of ether oxygens (including phenoxy) is 2. The maximum absolute atomic E-state index is 12.6. The Bertz CT molecular complexity index is 403. The van der Waals surface area contributed by atoms with Gasteiger partial charge in [0.25, 0.3) is 0 Å². The number of unbranched alkanes of at least 4 members (excludes halogenated alkanes) is 1. The summed E-state index contributed by atoms with van der Waals surface area (Å²) in [6, 6.07) is 0.0280. The van der Waals surface area contributed by atoms with Gasteiger partial charge in [-0.25, -0.2) is 8.42 Å². The molecular weight excluding hydrogens is 278 g/mol. The molecule has 6 heteroatoms. The maximum Gasteiger partial charge on any atom is 0.169 e. The second-order valence-corrected chi connectivity index (χ2v) is 8.11. The van der Waals surface area contributed by atoms with Crippen molar-refractivity contribution in [3.8, 4) is 0 Å². The number of hydrogen-bond donors (Lipinski definition) is 1. The summed E-state index contributed by atoms with van der Waals surface area (Å²) in [7, 11) is -3.10. The van der Waals surface area contributed by atoms with Crippen LogP contribution in [0.3, 0.4) is 0 Å². The molecule has 1 aliphatic carbocycles. The zero-order valence-corrected chi connectivity index (χ0v) is 13.4. The molecule has 1 aliphatic heterocycles. The van der Waals surface area contributed by atoms with Gasteiger partial charge in [-0.15, -0.1) is 0 Å². The van der Waals surface area contributed by atoms with E-state index in [1.807, 2.05) is 13.8 Å². The summed E-state index contributed by atoms with van der Waals surface area (Å²) in [5.74, 6) is -0.373. The van der Waals surface area contributed by atoms with Crippen LogP contribution in [-0.2, 0) is 19.3 Å². The van der Waals surface area contributed by atoms with Crippen molar-refractivity contribution in [1.82, 2.24) is 5.32 Å². The number of rotatable bonds is 6. The normalized spacial score (nSPS) is 29.9. The lowest BCUT2D eigenvalue weighted by molar-refractivity contribution is -0.178. The van der Waals surface area contributed by atoms with E-state index >= 15 is 0 Å². The molecule has 1 spiro atoms. The summed E-state index contributed by atoms with van der Waals surface area (Å²) in [5.41, 5.74) is 0. The molecule has 20 heavy (non-hydrogen) atoms. The van der Waals surface area contributed by atoms with Gasteiger partial charge < -0.3 is 14.8 Å². The SMILES string of the molecule is CCCCS(=O)(=O)C1CC2(CCC1NCC)OCCO2. The molecule has 0 aromatic carbocycles. The standard InChI is InChI=1S/C14H27NO4S/c1-3-5-10-20(16,17)13-11-14(18-8-9-19-14)7-6-12(13)15-4-2/h12-13,15H,3-11H2,1-2H3. The van der Waals surface area contributed by atoms with Gasteiger partial charge in [0.1, 0.15) is 0 Å². The van der Waals surface area contributed by atoms with Crippen LogP contribution in [0.4, 0.5) is 0 Å². The van der Waals surface area contributed by atoms with Gasteiger partial charge >= 0.3 is 0 Å². The Morgan fingerprint density at radius 1 is 1.25 bits per heavy atom. The topological polar surface area (TPSA) is 64.6 Å². The van der Waals surface area contributed by atoms with Crippen LogP contribution in [0.25, 0.3) is 0 Å². The molecule has 0 aromatic rings. The Morgan fingerprint density at radius 2 is 1.95 bits per heavy atom. The smallest absolute Gasteiger partial charge is 0.169 e. The lowest BCUT2D eigenvalue weighted by atomic mass is 9.89. The lowest BCUT2D eigenvalue weighted by Gasteiger charge is -2.41. The summed E-state index contributed by atoms with van der Waals surface area (Å²) in [6.07, 6.45) is 3.67. The van der Waals surface area contributed by atoms with Crippen molar-refractivity contribution >= 4 is 9.84 Å². The second-order valence-electron chi connectivity index (χ2n) is 5.77. The van der Waals surface area contributed by atoms with Crippen LogP contribution in [-0.4, -0.2) is 51.0 Å². The Morgan fingerprint density at radius 3 is 2.55 bits per heavy atom. The van der Waals surface area contributed by atoms with E-state index < -0.39 is 15.6 Å². The number of sulfone groups is 1. The molecule has 118 valence electrons. The molecule has 2 atom stereocenters. The van der Waals surface area contributed by atoms with Gasteiger partial charge in [-0.2, -0.15) is 0 Å². The Hall–Kier alpha value is -0.170. The van der Waals surface area contributed by atoms with Gasteiger partial charge in [0.05, 0.1) is 24.2 Å². The molecule has 1 heterocycles. The van der Waals surface area contributed by atoms with Crippen molar-refractivity contribution in [3.05, 3.63) is 0 Å². The van der Waals surface area contributed by atoms with Gasteiger partial charge in [-0.3, -0.25) is 0 Å². The van der Waals surface area contributed by atoms with Crippen LogP contribution in [0.1, 0.15) is 46.0 Å². The number of hydrogen-bond acceptors (Lipinski definition) is 5. The van der Waals surface area contributed by atoms with Crippen LogP contribution in [0, 0.1) is 0 Å². The van der Waals surface area contributed by atoms with E-state index in [1.54, 1.807) is 0 Å². The van der Waals surface area contributed by atoms with Gasteiger partial charge in [0.2, 0.25) is 0 Å². The number of nitrogens with one attached hydrogen (secondary N) is 1. The third-order valence-electron chi connectivity index (χ3n) is 4.32. The average molecular weight is 305 g/mol. The third-order valence-corrected chi connectivity index (χ3v) is 6.60. The Balaban J connectivity index is 2.14. The fourth-order valence-electron chi connectivity index (χ4n) is 3.24. The van der Waals surface area contributed by atoms with Crippen molar-refractivity contribution in [2.24, 2.45) is 0 Å². The Labute approximate surface area is 122 Å². The van der Waals surface area contributed by atoms with Crippen LogP contribution in [0.15, 0.2) is 0 Å². The minimum Gasteiger partial charge on any atom is -0.347 e. The zero-order valence-electron chi connectivity index (χ0n) is 12.6. The van der Waals surface area contributed by atoms with Crippen LogP contribution >= 0.6 is 0 Å². The summed E-state index contributed by atoms with van der Waals surface area (Å²) >= 11 is 0. The molecule has 0 aromatic heterocycles. The molecular formula is C14H27NO4S.